The van der Waals surface area contributed by atoms with Crippen LogP contribution in [0.2, 0.25) is 0 Å². The summed E-state index contributed by atoms with van der Waals surface area (Å²) in [5, 5.41) is 2.68. The molecule has 2 saturated heterocycles. The van der Waals surface area contributed by atoms with Crippen molar-refractivity contribution in [2.75, 3.05) is 44.7 Å². The SMILES string of the molecule is O=C(Nc1ccccc1F)N1CCC(Cc2ccc(CN3CCOCC3)cc2)CC1. The van der Waals surface area contributed by atoms with Gasteiger partial charge in [-0.3, -0.25) is 4.90 Å². The zero-order valence-electron chi connectivity index (χ0n) is 17.4. The van der Waals surface area contributed by atoms with Crippen LogP contribution in [-0.2, 0) is 17.7 Å². The molecule has 5 nitrogen and oxygen atoms in total. The Hall–Kier alpha value is -2.44. The van der Waals surface area contributed by atoms with Crippen molar-refractivity contribution in [2.45, 2.75) is 25.8 Å². The second-order valence-corrected chi connectivity index (χ2v) is 8.25. The Morgan fingerprint density at radius 2 is 1.63 bits per heavy atom. The number of para-hydroxylation sites is 1. The molecule has 2 aromatic carbocycles. The lowest BCUT2D eigenvalue weighted by Gasteiger charge is -2.32. The molecule has 6 heteroatoms. The first-order valence-corrected chi connectivity index (χ1v) is 10.9. The summed E-state index contributed by atoms with van der Waals surface area (Å²) >= 11 is 0. The zero-order valence-corrected chi connectivity index (χ0v) is 17.4. The van der Waals surface area contributed by atoms with Crippen LogP contribution in [-0.4, -0.2) is 55.2 Å². The maximum atomic E-state index is 13.7. The number of rotatable bonds is 5. The van der Waals surface area contributed by atoms with Crippen molar-refractivity contribution in [3.63, 3.8) is 0 Å². The number of carbonyl (C=O) groups excluding carboxylic acids is 1. The molecule has 160 valence electrons. The largest absolute Gasteiger partial charge is 0.379 e. The van der Waals surface area contributed by atoms with Gasteiger partial charge in [0.2, 0.25) is 0 Å². The van der Waals surface area contributed by atoms with E-state index in [-0.39, 0.29) is 11.7 Å². The van der Waals surface area contributed by atoms with Gasteiger partial charge in [0.25, 0.3) is 0 Å². The van der Waals surface area contributed by atoms with Crippen molar-refractivity contribution in [2.24, 2.45) is 5.92 Å². The molecule has 0 aromatic heterocycles. The smallest absolute Gasteiger partial charge is 0.321 e. The fourth-order valence-electron chi connectivity index (χ4n) is 4.23. The quantitative estimate of drug-likeness (QED) is 0.804. The number of hydrogen-bond donors (Lipinski definition) is 1. The number of amides is 2. The summed E-state index contributed by atoms with van der Waals surface area (Å²) in [6, 6.07) is 15.0. The molecule has 1 N–H and O–H groups in total. The Balaban J connectivity index is 1.22. The molecule has 2 aliphatic heterocycles. The molecular weight excluding hydrogens is 381 g/mol. The minimum Gasteiger partial charge on any atom is -0.379 e. The molecule has 0 aliphatic carbocycles. The lowest BCUT2D eigenvalue weighted by molar-refractivity contribution is 0.0342. The van der Waals surface area contributed by atoms with Crippen LogP contribution in [0.5, 0.6) is 0 Å². The number of nitrogens with one attached hydrogen (secondary N) is 1. The first-order chi connectivity index (χ1) is 14.7. The van der Waals surface area contributed by atoms with E-state index in [4.69, 9.17) is 4.74 Å². The predicted molar refractivity (Wildman–Crippen MR) is 116 cm³/mol. The third-order valence-corrected chi connectivity index (χ3v) is 6.07. The minimum atomic E-state index is -0.405. The molecular formula is C24H30FN3O2. The van der Waals surface area contributed by atoms with Gasteiger partial charge in [-0.15, -0.1) is 0 Å². The monoisotopic (exact) mass is 411 g/mol. The van der Waals surface area contributed by atoms with E-state index in [9.17, 15) is 9.18 Å². The number of hydrogen-bond acceptors (Lipinski definition) is 3. The molecule has 2 fully saturated rings. The molecule has 0 unspecified atom stereocenters. The molecule has 0 saturated carbocycles. The van der Waals surface area contributed by atoms with Gasteiger partial charge >= 0.3 is 6.03 Å². The van der Waals surface area contributed by atoms with E-state index < -0.39 is 5.82 Å². The average molecular weight is 412 g/mol. The maximum absolute atomic E-state index is 13.7. The number of nitrogens with zero attached hydrogens (tertiary/aromatic N) is 2. The van der Waals surface area contributed by atoms with Gasteiger partial charge in [0.15, 0.2) is 0 Å². The molecule has 0 bridgehead atoms. The number of benzene rings is 2. The summed E-state index contributed by atoms with van der Waals surface area (Å²) in [5.41, 5.74) is 2.94. The predicted octanol–water partition coefficient (Wildman–Crippen LogP) is 4.14. The Morgan fingerprint density at radius 1 is 0.967 bits per heavy atom. The lowest BCUT2D eigenvalue weighted by atomic mass is 9.90. The van der Waals surface area contributed by atoms with E-state index >= 15 is 0 Å². The molecule has 0 atom stereocenters. The van der Waals surface area contributed by atoms with Crippen molar-refractivity contribution < 1.29 is 13.9 Å². The van der Waals surface area contributed by atoms with Gasteiger partial charge < -0.3 is 15.0 Å². The molecule has 2 aromatic rings. The summed E-state index contributed by atoms with van der Waals surface area (Å²) < 4.78 is 19.2. The third kappa shape index (κ3) is 5.58. The van der Waals surface area contributed by atoms with Gasteiger partial charge in [-0.05, 0) is 48.4 Å². The highest BCUT2D eigenvalue weighted by Crippen LogP contribution is 2.23. The molecule has 2 amide bonds. The number of morpholine rings is 1. The second-order valence-electron chi connectivity index (χ2n) is 8.25. The lowest BCUT2D eigenvalue weighted by Crippen LogP contribution is -2.41. The van der Waals surface area contributed by atoms with E-state index in [0.29, 0.717) is 19.0 Å². The highest BCUT2D eigenvalue weighted by atomic mass is 19.1. The summed E-state index contributed by atoms with van der Waals surface area (Å²) in [6.07, 6.45) is 2.99. The molecule has 30 heavy (non-hydrogen) atoms. The van der Waals surface area contributed by atoms with Crippen LogP contribution in [0, 0.1) is 11.7 Å². The molecule has 2 aliphatic rings. The topological polar surface area (TPSA) is 44.8 Å². The molecule has 0 radical (unpaired) electrons. The summed E-state index contributed by atoms with van der Waals surface area (Å²) in [5.74, 6) is 0.172. The van der Waals surface area contributed by atoms with Crippen molar-refractivity contribution in [1.82, 2.24) is 9.80 Å². The van der Waals surface area contributed by atoms with Crippen molar-refractivity contribution in [3.8, 4) is 0 Å². The van der Waals surface area contributed by atoms with E-state index in [1.807, 2.05) is 0 Å². The molecule has 2 heterocycles. The first-order valence-electron chi connectivity index (χ1n) is 10.9. The van der Waals surface area contributed by atoms with Gasteiger partial charge in [-0.25, -0.2) is 9.18 Å². The Kier molecular flexibility index (Phi) is 6.97. The van der Waals surface area contributed by atoms with Crippen LogP contribution >= 0.6 is 0 Å². The van der Waals surface area contributed by atoms with Gasteiger partial charge in [-0.2, -0.15) is 0 Å². The van der Waals surface area contributed by atoms with Gasteiger partial charge in [0, 0.05) is 32.7 Å². The number of urea groups is 1. The standard InChI is InChI=1S/C24H30FN3O2/c25-22-3-1-2-4-23(22)26-24(29)28-11-9-20(10-12-28)17-19-5-7-21(8-6-19)18-27-13-15-30-16-14-27/h1-8,20H,9-18H2,(H,26,29). The zero-order chi connectivity index (χ0) is 20.8. The highest BCUT2D eigenvalue weighted by molar-refractivity contribution is 5.89. The number of carbonyl (C=O) groups is 1. The van der Waals surface area contributed by atoms with E-state index in [0.717, 1.165) is 52.1 Å². The summed E-state index contributed by atoms with van der Waals surface area (Å²) in [6.45, 7) is 6.07. The van der Waals surface area contributed by atoms with Crippen molar-refractivity contribution >= 4 is 11.7 Å². The van der Waals surface area contributed by atoms with Crippen LogP contribution in [0.1, 0.15) is 24.0 Å². The van der Waals surface area contributed by atoms with E-state index in [1.54, 1.807) is 23.1 Å². The normalized spacial score (nSPS) is 18.4. The van der Waals surface area contributed by atoms with Crippen LogP contribution in [0.3, 0.4) is 0 Å². The number of piperidine rings is 1. The van der Waals surface area contributed by atoms with Crippen molar-refractivity contribution in [3.05, 3.63) is 65.5 Å². The molecule has 0 spiro atoms. The Morgan fingerprint density at radius 3 is 2.33 bits per heavy atom. The average Bonchev–Trinajstić information content (AvgIpc) is 2.78. The number of likely N-dealkylation sites (tertiary alicyclic amines) is 1. The van der Waals surface area contributed by atoms with Crippen LogP contribution < -0.4 is 5.32 Å². The van der Waals surface area contributed by atoms with E-state index in [1.165, 1.54) is 17.2 Å². The fourth-order valence-corrected chi connectivity index (χ4v) is 4.23. The van der Waals surface area contributed by atoms with Gasteiger partial charge in [-0.1, -0.05) is 36.4 Å². The van der Waals surface area contributed by atoms with E-state index in [2.05, 4.69) is 34.5 Å². The van der Waals surface area contributed by atoms with Crippen molar-refractivity contribution in [1.29, 1.82) is 0 Å². The highest BCUT2D eigenvalue weighted by Gasteiger charge is 2.23. The van der Waals surface area contributed by atoms with Crippen LogP contribution in [0.4, 0.5) is 14.9 Å². The fraction of sp³-hybridized carbons (Fsp3) is 0.458. The van der Waals surface area contributed by atoms with Crippen LogP contribution in [0.15, 0.2) is 48.5 Å². The second kappa shape index (κ2) is 10.0. The summed E-state index contributed by atoms with van der Waals surface area (Å²) in [4.78, 5) is 16.6. The maximum Gasteiger partial charge on any atom is 0.321 e. The number of ether oxygens (including phenoxy) is 1. The van der Waals surface area contributed by atoms with Gasteiger partial charge in [0.1, 0.15) is 5.82 Å². The number of anilines is 1. The first kappa shape index (κ1) is 20.8. The van der Waals surface area contributed by atoms with Crippen LogP contribution in [0.25, 0.3) is 0 Å². The molecule has 4 rings (SSSR count). The van der Waals surface area contributed by atoms with Gasteiger partial charge in [0.05, 0.1) is 18.9 Å². The number of halogens is 1. The Bertz CT molecular complexity index is 829. The minimum absolute atomic E-state index is 0.217. The summed E-state index contributed by atoms with van der Waals surface area (Å²) in [7, 11) is 0. The third-order valence-electron chi connectivity index (χ3n) is 6.07. The Labute approximate surface area is 177 Å².